The molecule has 5 heteroatoms. The molecule has 0 bridgehead atoms. The first-order chi connectivity index (χ1) is 6.00. The van der Waals surface area contributed by atoms with E-state index >= 15 is 0 Å². The molecule has 1 aliphatic heterocycles. The van der Waals surface area contributed by atoms with E-state index in [1.54, 1.807) is 7.05 Å². The Morgan fingerprint density at radius 2 is 2.08 bits per heavy atom. The van der Waals surface area contributed by atoms with Gasteiger partial charge in [0, 0.05) is 13.6 Å². The van der Waals surface area contributed by atoms with E-state index in [1.165, 1.54) is 10.6 Å². The lowest BCUT2D eigenvalue weighted by atomic mass is 9.98. The summed E-state index contributed by atoms with van der Waals surface area (Å²) in [5.41, 5.74) is 0. The fourth-order valence-corrected chi connectivity index (χ4v) is 1.78. The van der Waals surface area contributed by atoms with Gasteiger partial charge in [0.2, 0.25) is 10.0 Å². The fourth-order valence-electron chi connectivity index (χ4n) is 1.32. The number of hydrogen-bond donors (Lipinski definition) is 1. The van der Waals surface area contributed by atoms with Crippen molar-refractivity contribution in [3.63, 3.8) is 0 Å². The second kappa shape index (κ2) is 4.39. The van der Waals surface area contributed by atoms with Gasteiger partial charge in [-0.15, -0.1) is 0 Å². The predicted octanol–water partition coefficient (Wildman–Crippen LogP) is -0.123. The summed E-state index contributed by atoms with van der Waals surface area (Å²) in [7, 11) is -1.34. The standard InChI is InChI=1S/C8H18N2O2S/c1-10(13(2,11)12)5-3-4-8-6-9-7-8/h8-9H,3-7H2,1-2H3. The van der Waals surface area contributed by atoms with Gasteiger partial charge in [-0.1, -0.05) is 0 Å². The van der Waals surface area contributed by atoms with Crippen LogP contribution in [0.2, 0.25) is 0 Å². The predicted molar refractivity (Wildman–Crippen MR) is 53.1 cm³/mol. The molecule has 0 spiro atoms. The molecule has 78 valence electrons. The molecular weight excluding hydrogens is 188 g/mol. The molecule has 0 aromatic heterocycles. The normalized spacial score (nSPS) is 19.0. The van der Waals surface area contributed by atoms with Crippen LogP contribution in [0, 0.1) is 5.92 Å². The molecule has 0 unspecified atom stereocenters. The van der Waals surface area contributed by atoms with Crippen LogP contribution < -0.4 is 5.32 Å². The number of nitrogens with zero attached hydrogens (tertiary/aromatic N) is 1. The summed E-state index contributed by atoms with van der Waals surface area (Å²) in [5, 5.41) is 3.20. The van der Waals surface area contributed by atoms with Crippen molar-refractivity contribution in [1.82, 2.24) is 9.62 Å². The zero-order valence-electron chi connectivity index (χ0n) is 8.28. The van der Waals surface area contributed by atoms with Gasteiger partial charge in [0.15, 0.2) is 0 Å². The van der Waals surface area contributed by atoms with Gasteiger partial charge >= 0.3 is 0 Å². The second-order valence-electron chi connectivity index (χ2n) is 3.75. The van der Waals surface area contributed by atoms with Crippen LogP contribution in [0.5, 0.6) is 0 Å². The SMILES string of the molecule is CN(CCCC1CNC1)S(C)(=O)=O. The molecule has 0 saturated carbocycles. The van der Waals surface area contributed by atoms with Gasteiger partial charge in [-0.3, -0.25) is 0 Å². The average Bonchev–Trinajstić information content (AvgIpc) is 1.91. The number of nitrogens with one attached hydrogen (secondary N) is 1. The topological polar surface area (TPSA) is 49.4 Å². The Morgan fingerprint density at radius 3 is 2.46 bits per heavy atom. The number of sulfonamides is 1. The summed E-state index contributed by atoms with van der Waals surface area (Å²) in [6, 6.07) is 0. The van der Waals surface area contributed by atoms with E-state index in [0.29, 0.717) is 6.54 Å². The van der Waals surface area contributed by atoms with Crippen molar-refractivity contribution in [2.75, 3.05) is 32.9 Å². The molecule has 13 heavy (non-hydrogen) atoms. The Labute approximate surface area is 80.4 Å². The van der Waals surface area contributed by atoms with Crippen molar-refractivity contribution in [2.24, 2.45) is 5.92 Å². The van der Waals surface area contributed by atoms with E-state index in [0.717, 1.165) is 31.8 Å². The third-order valence-electron chi connectivity index (χ3n) is 2.52. The van der Waals surface area contributed by atoms with E-state index in [9.17, 15) is 8.42 Å². The molecule has 4 nitrogen and oxygen atoms in total. The second-order valence-corrected chi connectivity index (χ2v) is 5.84. The molecule has 1 fully saturated rings. The van der Waals surface area contributed by atoms with Crippen molar-refractivity contribution < 1.29 is 8.42 Å². The minimum Gasteiger partial charge on any atom is -0.316 e. The Morgan fingerprint density at radius 1 is 1.46 bits per heavy atom. The zero-order valence-corrected chi connectivity index (χ0v) is 9.10. The van der Waals surface area contributed by atoms with Crippen LogP contribution in [-0.4, -0.2) is 45.7 Å². The van der Waals surface area contributed by atoms with E-state index in [1.807, 2.05) is 0 Å². The highest BCUT2D eigenvalue weighted by molar-refractivity contribution is 7.88. The van der Waals surface area contributed by atoms with Crippen LogP contribution >= 0.6 is 0 Å². The molecular formula is C8H18N2O2S. The lowest BCUT2D eigenvalue weighted by molar-refractivity contribution is 0.310. The summed E-state index contributed by atoms with van der Waals surface area (Å²) in [5.74, 6) is 0.771. The van der Waals surface area contributed by atoms with E-state index in [2.05, 4.69) is 5.32 Å². The maximum absolute atomic E-state index is 11.0. The van der Waals surface area contributed by atoms with Gasteiger partial charge in [-0.05, 0) is 31.8 Å². The first-order valence-electron chi connectivity index (χ1n) is 4.62. The molecule has 0 atom stereocenters. The van der Waals surface area contributed by atoms with Gasteiger partial charge < -0.3 is 5.32 Å². The van der Waals surface area contributed by atoms with E-state index in [4.69, 9.17) is 0 Å². The third kappa shape index (κ3) is 3.62. The van der Waals surface area contributed by atoms with E-state index < -0.39 is 10.0 Å². The van der Waals surface area contributed by atoms with Crippen molar-refractivity contribution in [1.29, 1.82) is 0 Å². The Hall–Kier alpha value is -0.130. The summed E-state index contributed by atoms with van der Waals surface area (Å²) >= 11 is 0. The molecule has 0 aromatic carbocycles. The van der Waals surface area contributed by atoms with Gasteiger partial charge in [0.1, 0.15) is 0 Å². The van der Waals surface area contributed by atoms with Gasteiger partial charge in [-0.2, -0.15) is 0 Å². The lowest BCUT2D eigenvalue weighted by Crippen LogP contribution is -2.42. The molecule has 0 aromatic rings. The summed E-state index contributed by atoms with van der Waals surface area (Å²) in [4.78, 5) is 0. The monoisotopic (exact) mass is 206 g/mol. The van der Waals surface area contributed by atoms with Gasteiger partial charge in [-0.25, -0.2) is 12.7 Å². The Bertz CT molecular complexity index is 247. The lowest BCUT2D eigenvalue weighted by Gasteiger charge is -2.27. The summed E-state index contributed by atoms with van der Waals surface area (Å²) in [6.07, 6.45) is 3.35. The van der Waals surface area contributed by atoms with Crippen molar-refractivity contribution in [2.45, 2.75) is 12.8 Å². The highest BCUT2D eigenvalue weighted by Crippen LogP contribution is 2.11. The van der Waals surface area contributed by atoms with E-state index in [-0.39, 0.29) is 0 Å². The van der Waals surface area contributed by atoms with Crippen LogP contribution in [0.25, 0.3) is 0 Å². The Balaban J connectivity index is 2.11. The molecule has 1 aliphatic rings. The molecule has 1 N–H and O–H groups in total. The summed E-state index contributed by atoms with van der Waals surface area (Å²) < 4.78 is 23.4. The van der Waals surface area contributed by atoms with Gasteiger partial charge in [0.25, 0.3) is 0 Å². The summed E-state index contributed by atoms with van der Waals surface area (Å²) in [6.45, 7) is 2.85. The fraction of sp³-hybridized carbons (Fsp3) is 1.00. The third-order valence-corrected chi connectivity index (χ3v) is 3.83. The average molecular weight is 206 g/mol. The molecule has 1 rings (SSSR count). The van der Waals surface area contributed by atoms with Crippen LogP contribution in [0.15, 0.2) is 0 Å². The minimum absolute atomic E-state index is 0.648. The van der Waals surface area contributed by atoms with Crippen LogP contribution in [0.1, 0.15) is 12.8 Å². The quantitative estimate of drug-likeness (QED) is 0.682. The molecule has 1 saturated heterocycles. The molecule has 0 amide bonds. The number of hydrogen-bond acceptors (Lipinski definition) is 3. The maximum atomic E-state index is 11.0. The highest BCUT2D eigenvalue weighted by Gasteiger charge is 2.17. The molecule has 0 radical (unpaired) electrons. The minimum atomic E-state index is -2.97. The maximum Gasteiger partial charge on any atom is 0.210 e. The van der Waals surface area contributed by atoms with Crippen molar-refractivity contribution in [3.8, 4) is 0 Å². The van der Waals surface area contributed by atoms with Crippen LogP contribution in [0.4, 0.5) is 0 Å². The van der Waals surface area contributed by atoms with Crippen LogP contribution in [-0.2, 0) is 10.0 Å². The zero-order chi connectivity index (χ0) is 9.90. The van der Waals surface area contributed by atoms with Crippen molar-refractivity contribution >= 4 is 10.0 Å². The molecule has 0 aliphatic carbocycles. The first-order valence-corrected chi connectivity index (χ1v) is 6.47. The molecule has 1 heterocycles. The van der Waals surface area contributed by atoms with Crippen molar-refractivity contribution in [3.05, 3.63) is 0 Å². The smallest absolute Gasteiger partial charge is 0.210 e. The number of rotatable bonds is 5. The largest absolute Gasteiger partial charge is 0.316 e. The van der Waals surface area contributed by atoms with Crippen LogP contribution in [0.3, 0.4) is 0 Å². The van der Waals surface area contributed by atoms with Gasteiger partial charge in [0.05, 0.1) is 6.26 Å². The first kappa shape index (κ1) is 10.9. The Kier molecular flexibility index (Phi) is 3.70. The highest BCUT2D eigenvalue weighted by atomic mass is 32.2.